The van der Waals surface area contributed by atoms with E-state index in [1.165, 1.54) is 16.6 Å². The van der Waals surface area contributed by atoms with Gasteiger partial charge in [0, 0.05) is 9.77 Å². The van der Waals surface area contributed by atoms with Gasteiger partial charge in [-0.3, -0.25) is 10.1 Å². The van der Waals surface area contributed by atoms with Crippen molar-refractivity contribution in [2.75, 3.05) is 17.6 Å². The number of benzene rings is 2. The van der Waals surface area contributed by atoms with E-state index in [1.54, 1.807) is 11.3 Å². The molecule has 0 saturated heterocycles. The van der Waals surface area contributed by atoms with Crippen LogP contribution in [0, 0.1) is 11.3 Å². The van der Waals surface area contributed by atoms with Crippen molar-refractivity contribution in [3.8, 4) is 6.07 Å². The lowest BCUT2D eigenvalue weighted by Gasteiger charge is -2.18. The molecule has 0 bridgehead atoms. The van der Waals surface area contributed by atoms with Gasteiger partial charge in [-0.05, 0) is 29.1 Å². The molecule has 0 aliphatic heterocycles. The molecule has 3 aromatic rings. The highest BCUT2D eigenvalue weighted by molar-refractivity contribution is 7.99. The maximum atomic E-state index is 12.5. The van der Waals surface area contributed by atoms with Crippen molar-refractivity contribution in [3.63, 3.8) is 0 Å². The molecule has 6 heteroatoms. The van der Waals surface area contributed by atoms with E-state index in [1.807, 2.05) is 53.9 Å². The van der Waals surface area contributed by atoms with Crippen LogP contribution in [-0.2, 0) is 4.79 Å². The van der Waals surface area contributed by atoms with Crippen molar-refractivity contribution in [2.24, 2.45) is 0 Å². The monoisotopic (exact) mass is 393 g/mol. The molecule has 0 radical (unpaired) electrons. The fourth-order valence-corrected chi connectivity index (χ4v) is 4.18. The first-order valence-electron chi connectivity index (χ1n) is 8.48. The number of nitrogens with one attached hydrogen (secondary N) is 2. The van der Waals surface area contributed by atoms with E-state index in [9.17, 15) is 4.79 Å². The van der Waals surface area contributed by atoms with Gasteiger partial charge in [0.1, 0.15) is 0 Å². The first-order valence-corrected chi connectivity index (χ1v) is 10.3. The summed E-state index contributed by atoms with van der Waals surface area (Å²) in [6, 6.07) is 23.8. The number of carbonyl (C=O) groups excluding carboxylic acids is 1. The molecule has 1 atom stereocenters. The smallest absolute Gasteiger partial charge is 0.238 e. The molecule has 136 valence electrons. The summed E-state index contributed by atoms with van der Waals surface area (Å²) in [4.78, 5) is 14.6. The zero-order valence-corrected chi connectivity index (χ0v) is 16.2. The second-order valence-electron chi connectivity index (χ2n) is 5.73. The van der Waals surface area contributed by atoms with Crippen molar-refractivity contribution >= 4 is 34.7 Å². The van der Waals surface area contributed by atoms with E-state index in [-0.39, 0.29) is 18.5 Å². The Morgan fingerprint density at radius 2 is 1.85 bits per heavy atom. The average molecular weight is 394 g/mol. The number of thioether (sulfide) groups is 1. The molecule has 2 aromatic carbocycles. The van der Waals surface area contributed by atoms with Crippen molar-refractivity contribution in [1.29, 1.82) is 5.26 Å². The van der Waals surface area contributed by atoms with Crippen molar-refractivity contribution < 1.29 is 4.79 Å². The molecule has 0 saturated carbocycles. The third-order valence-electron chi connectivity index (χ3n) is 3.88. The van der Waals surface area contributed by atoms with Gasteiger partial charge in [-0.2, -0.15) is 5.26 Å². The molecule has 1 aromatic heterocycles. The Hall–Kier alpha value is -2.59. The number of para-hydroxylation sites is 1. The minimum Gasteiger partial charge on any atom is -0.324 e. The maximum absolute atomic E-state index is 12.5. The van der Waals surface area contributed by atoms with Gasteiger partial charge >= 0.3 is 0 Å². The second-order valence-corrected chi connectivity index (χ2v) is 7.73. The predicted molar refractivity (Wildman–Crippen MR) is 112 cm³/mol. The lowest BCUT2D eigenvalue weighted by Crippen LogP contribution is -2.31. The van der Waals surface area contributed by atoms with E-state index in [0.29, 0.717) is 5.75 Å². The normalized spacial score (nSPS) is 11.5. The molecule has 0 unspecified atom stereocenters. The standard InChI is InChI=1S/C21H19N3OS2/c22-12-14-27-18-10-5-4-9-17(18)24-20(25)15-23-21(19-11-6-13-26-19)16-7-2-1-3-8-16/h1-11,13,21,23H,14-15H2,(H,24,25)/t21-/m0/s1. The fourth-order valence-electron chi connectivity index (χ4n) is 2.68. The Bertz CT molecular complexity index is 905. The minimum atomic E-state index is -0.113. The number of nitrogens with zero attached hydrogens (tertiary/aromatic N) is 1. The van der Waals surface area contributed by atoms with Gasteiger partial charge in [0.2, 0.25) is 5.91 Å². The van der Waals surface area contributed by atoms with Gasteiger partial charge in [0.05, 0.1) is 30.1 Å². The Labute approximate surface area is 167 Å². The summed E-state index contributed by atoms with van der Waals surface area (Å²) >= 11 is 3.08. The molecule has 2 N–H and O–H groups in total. The van der Waals surface area contributed by atoms with Gasteiger partial charge in [0.25, 0.3) is 0 Å². The number of thiophene rings is 1. The van der Waals surface area contributed by atoms with Gasteiger partial charge < -0.3 is 5.32 Å². The Morgan fingerprint density at radius 3 is 2.59 bits per heavy atom. The summed E-state index contributed by atoms with van der Waals surface area (Å²) in [5.41, 5.74) is 1.86. The van der Waals surface area contributed by atoms with Crippen LogP contribution in [0.2, 0.25) is 0 Å². The molecule has 27 heavy (non-hydrogen) atoms. The van der Waals surface area contributed by atoms with Crippen LogP contribution in [0.5, 0.6) is 0 Å². The largest absolute Gasteiger partial charge is 0.324 e. The van der Waals surface area contributed by atoms with E-state index in [2.05, 4.69) is 34.9 Å². The highest BCUT2D eigenvalue weighted by Crippen LogP contribution is 2.27. The van der Waals surface area contributed by atoms with Crippen molar-refractivity contribution in [3.05, 3.63) is 82.6 Å². The third kappa shape index (κ3) is 5.44. The molecule has 0 spiro atoms. The van der Waals surface area contributed by atoms with Gasteiger partial charge in [-0.1, -0.05) is 48.5 Å². The number of rotatable bonds is 8. The molecule has 1 heterocycles. The molecule has 0 fully saturated rings. The molecule has 1 amide bonds. The van der Waals surface area contributed by atoms with Crippen LogP contribution in [0.1, 0.15) is 16.5 Å². The van der Waals surface area contributed by atoms with Crippen molar-refractivity contribution in [2.45, 2.75) is 10.9 Å². The van der Waals surface area contributed by atoms with E-state index in [0.717, 1.165) is 16.1 Å². The second kappa shape index (κ2) is 9.93. The first-order chi connectivity index (χ1) is 13.3. The lowest BCUT2D eigenvalue weighted by molar-refractivity contribution is -0.115. The van der Waals surface area contributed by atoms with Gasteiger partial charge in [-0.15, -0.1) is 23.1 Å². The van der Waals surface area contributed by atoms with Gasteiger partial charge in [-0.25, -0.2) is 0 Å². The molecule has 0 aliphatic carbocycles. The topological polar surface area (TPSA) is 64.9 Å². The van der Waals surface area contributed by atoms with E-state index in [4.69, 9.17) is 5.26 Å². The lowest BCUT2D eigenvalue weighted by atomic mass is 10.1. The zero-order chi connectivity index (χ0) is 18.9. The molecule has 3 rings (SSSR count). The SMILES string of the molecule is N#CCSc1ccccc1NC(=O)CN[C@@H](c1ccccc1)c1cccs1. The molecule has 4 nitrogen and oxygen atoms in total. The quantitative estimate of drug-likeness (QED) is 0.545. The number of amides is 1. The Kier molecular flexibility index (Phi) is 7.05. The first kappa shape index (κ1) is 19.2. The fraction of sp³-hybridized carbons (Fsp3) is 0.143. The number of hydrogen-bond acceptors (Lipinski definition) is 5. The zero-order valence-electron chi connectivity index (χ0n) is 14.6. The summed E-state index contributed by atoms with van der Waals surface area (Å²) in [6.07, 6.45) is 0. The number of carbonyl (C=O) groups is 1. The highest BCUT2D eigenvalue weighted by Gasteiger charge is 2.16. The van der Waals surface area contributed by atoms with E-state index >= 15 is 0 Å². The Morgan fingerprint density at radius 1 is 1.07 bits per heavy atom. The van der Waals surface area contributed by atoms with Crippen LogP contribution in [0.4, 0.5) is 5.69 Å². The summed E-state index contributed by atoms with van der Waals surface area (Å²) < 4.78 is 0. The maximum Gasteiger partial charge on any atom is 0.238 e. The number of hydrogen-bond donors (Lipinski definition) is 2. The van der Waals surface area contributed by atoms with Crippen LogP contribution in [0.15, 0.2) is 77.0 Å². The predicted octanol–water partition coefficient (Wildman–Crippen LogP) is 4.68. The molecular formula is C21H19N3OS2. The third-order valence-corrected chi connectivity index (χ3v) is 5.76. The summed E-state index contributed by atoms with van der Waals surface area (Å²) in [5, 5.41) is 17.1. The number of anilines is 1. The van der Waals surface area contributed by atoms with Crippen LogP contribution in [0.3, 0.4) is 0 Å². The summed E-state index contributed by atoms with van der Waals surface area (Å²) in [7, 11) is 0. The van der Waals surface area contributed by atoms with Crippen LogP contribution < -0.4 is 10.6 Å². The highest BCUT2D eigenvalue weighted by atomic mass is 32.2. The van der Waals surface area contributed by atoms with Crippen LogP contribution in [0.25, 0.3) is 0 Å². The number of nitriles is 1. The summed E-state index contributed by atoms with van der Waals surface area (Å²) in [5.74, 6) is 0.233. The van der Waals surface area contributed by atoms with Crippen molar-refractivity contribution in [1.82, 2.24) is 5.32 Å². The molecule has 0 aliphatic rings. The van der Waals surface area contributed by atoms with Gasteiger partial charge in [0.15, 0.2) is 0 Å². The van der Waals surface area contributed by atoms with Crippen LogP contribution >= 0.6 is 23.1 Å². The molecular weight excluding hydrogens is 374 g/mol. The Balaban J connectivity index is 1.66. The minimum absolute atomic E-state index is 0.0276. The van der Waals surface area contributed by atoms with Crippen LogP contribution in [-0.4, -0.2) is 18.2 Å². The average Bonchev–Trinajstić information content (AvgIpc) is 3.23. The van der Waals surface area contributed by atoms with E-state index < -0.39 is 0 Å². The summed E-state index contributed by atoms with van der Waals surface area (Å²) in [6.45, 7) is 0.189.